The number of benzene rings is 1. The average Bonchev–Trinajstić information content (AvgIpc) is 3.33. The molecule has 0 N–H and O–H groups in total. The molecule has 0 amide bonds. The van der Waals surface area contributed by atoms with Crippen LogP contribution in [0.1, 0.15) is 24.1 Å². The molecule has 1 nitrogen and oxygen atoms in total. The first-order valence-corrected chi connectivity index (χ1v) is 11.4. The molecular formula is C23H27FeNTe. The molecule has 3 heteroatoms. The van der Waals surface area contributed by atoms with E-state index in [0.29, 0.717) is 6.04 Å². The monoisotopic (exact) mass is 503 g/mol. The van der Waals surface area contributed by atoms with E-state index in [2.05, 4.69) is 117 Å². The molecule has 0 bridgehead atoms. The van der Waals surface area contributed by atoms with Crippen LogP contribution in [-0.2, 0) is 17.1 Å². The molecule has 0 aromatic heterocycles. The van der Waals surface area contributed by atoms with Gasteiger partial charge in [-0.15, -0.1) is 0 Å². The summed E-state index contributed by atoms with van der Waals surface area (Å²) < 4.78 is 2.79. The van der Waals surface area contributed by atoms with E-state index in [1.54, 1.807) is 3.61 Å². The Morgan fingerprint density at radius 1 is 0.962 bits per heavy atom. The first kappa shape index (κ1) is 23.0. The minimum atomic E-state index is 0. The first-order chi connectivity index (χ1) is 12.2. The molecule has 0 aliphatic rings. The maximum Gasteiger partial charge on any atom is 2.00 e. The molecular weight excluding hydrogens is 474 g/mol. The Kier molecular flexibility index (Phi) is 11.6. The van der Waals surface area contributed by atoms with Crippen LogP contribution >= 0.6 is 0 Å². The summed E-state index contributed by atoms with van der Waals surface area (Å²) >= 11 is 0.00538. The minimum Gasteiger partial charge on any atom is -0.305 e. The van der Waals surface area contributed by atoms with Crippen LogP contribution in [0.2, 0.25) is 4.47 Å². The van der Waals surface area contributed by atoms with Crippen LogP contribution in [-0.4, -0.2) is 39.9 Å². The number of hydrogen-bond acceptors (Lipinski definition) is 1. The second-order valence-corrected chi connectivity index (χ2v) is 9.22. The van der Waals surface area contributed by atoms with Crippen molar-refractivity contribution in [3.05, 3.63) is 96.1 Å². The molecule has 1 atom stereocenters. The summed E-state index contributed by atoms with van der Waals surface area (Å²) in [6.07, 6.45) is 4.51. The van der Waals surface area contributed by atoms with Crippen molar-refractivity contribution in [2.24, 2.45) is 0 Å². The third-order valence-corrected chi connectivity index (χ3v) is 6.79. The van der Waals surface area contributed by atoms with Gasteiger partial charge in [-0.2, -0.15) is 17.7 Å². The molecule has 1 unspecified atom stereocenters. The summed E-state index contributed by atoms with van der Waals surface area (Å²) in [4.78, 5) is 2.20. The van der Waals surface area contributed by atoms with E-state index >= 15 is 0 Å². The Bertz CT molecular complexity index is 700. The molecule has 0 heterocycles. The minimum absolute atomic E-state index is 0. The van der Waals surface area contributed by atoms with Gasteiger partial charge in [-0.05, 0) is 21.0 Å². The molecule has 0 fully saturated rings. The van der Waals surface area contributed by atoms with Crippen LogP contribution in [0.4, 0.5) is 0 Å². The smallest absolute Gasteiger partial charge is 0.305 e. The average molecular weight is 501 g/mol. The maximum absolute atomic E-state index is 2.30. The van der Waals surface area contributed by atoms with Crippen molar-refractivity contribution in [1.82, 2.24) is 4.90 Å². The maximum atomic E-state index is 2.30. The van der Waals surface area contributed by atoms with Gasteiger partial charge in [0.15, 0.2) is 0 Å². The van der Waals surface area contributed by atoms with E-state index in [9.17, 15) is 0 Å². The molecule has 3 rings (SSSR count). The van der Waals surface area contributed by atoms with Crippen LogP contribution in [0.15, 0.2) is 84.9 Å². The van der Waals surface area contributed by atoms with Gasteiger partial charge >= 0.3 is 118 Å². The Morgan fingerprint density at radius 2 is 1.65 bits per heavy atom. The number of allylic oxidation sites excluding steroid dienone is 1. The Labute approximate surface area is 179 Å². The van der Waals surface area contributed by atoms with Crippen molar-refractivity contribution >= 4 is 30.6 Å². The van der Waals surface area contributed by atoms with E-state index < -0.39 is 0 Å². The van der Waals surface area contributed by atoms with Crippen LogP contribution in [0.25, 0.3) is 6.08 Å². The van der Waals surface area contributed by atoms with Gasteiger partial charge in [0.25, 0.3) is 0 Å². The van der Waals surface area contributed by atoms with Crippen molar-refractivity contribution < 1.29 is 17.1 Å². The van der Waals surface area contributed by atoms with Crippen molar-refractivity contribution in [3.8, 4) is 0 Å². The van der Waals surface area contributed by atoms with E-state index in [-0.39, 0.29) is 38.0 Å². The second kappa shape index (κ2) is 13.2. The largest absolute Gasteiger partial charge is 2.00 e. The van der Waals surface area contributed by atoms with Crippen LogP contribution in [0, 0.1) is 0 Å². The normalized spacial score (nSPS) is 11.7. The zero-order chi connectivity index (χ0) is 17.9. The molecule has 3 aromatic carbocycles. The third-order valence-electron chi connectivity index (χ3n) is 4.03. The van der Waals surface area contributed by atoms with Gasteiger partial charge in [-0.3, -0.25) is 0 Å². The van der Waals surface area contributed by atoms with Crippen LogP contribution < -0.4 is 3.61 Å². The van der Waals surface area contributed by atoms with E-state index in [4.69, 9.17) is 0 Å². The van der Waals surface area contributed by atoms with Gasteiger partial charge in [0.2, 0.25) is 0 Å². The first-order valence-electron chi connectivity index (χ1n) is 8.61. The molecule has 0 radical (unpaired) electrons. The molecule has 138 valence electrons. The molecule has 0 aliphatic heterocycles. The van der Waals surface area contributed by atoms with E-state index in [1.807, 2.05) is 0 Å². The van der Waals surface area contributed by atoms with Gasteiger partial charge in [0.05, 0.1) is 0 Å². The molecule has 0 spiro atoms. The number of hydrogen-bond donors (Lipinski definition) is 0. The van der Waals surface area contributed by atoms with Crippen molar-refractivity contribution in [3.63, 3.8) is 0 Å². The summed E-state index contributed by atoms with van der Waals surface area (Å²) in [7, 11) is 4.19. The van der Waals surface area contributed by atoms with E-state index in [0.717, 1.165) is 0 Å². The molecule has 0 aliphatic carbocycles. The Balaban J connectivity index is 0.000000270. The fourth-order valence-electron chi connectivity index (χ4n) is 2.31. The quantitative estimate of drug-likeness (QED) is 0.344. The zero-order valence-corrected chi connectivity index (χ0v) is 19.1. The Morgan fingerprint density at radius 3 is 2.23 bits per heavy atom. The third kappa shape index (κ3) is 8.54. The zero-order valence-electron chi connectivity index (χ0n) is 15.7. The predicted molar refractivity (Wildman–Crippen MR) is 112 cm³/mol. The SMILES string of the molecule is C(=C\c1ccccc1)/C[Te]c1ccc[cH-]1.CC(c1ccc[cH-]1)N(C)C.[Fe+2]. The second-order valence-electron chi connectivity index (χ2n) is 6.10. The fraction of sp³-hybridized carbons (Fsp3) is 0.217. The van der Waals surface area contributed by atoms with E-state index in [1.165, 1.54) is 15.6 Å². The summed E-state index contributed by atoms with van der Waals surface area (Å²) in [5.41, 5.74) is 2.69. The van der Waals surface area contributed by atoms with Crippen molar-refractivity contribution in [2.45, 2.75) is 17.4 Å². The molecule has 3 aromatic rings. The van der Waals surface area contributed by atoms with Gasteiger partial charge in [-0.25, -0.2) is 12.1 Å². The van der Waals surface area contributed by atoms with Crippen LogP contribution in [0.5, 0.6) is 0 Å². The van der Waals surface area contributed by atoms with Gasteiger partial charge in [-0.1, -0.05) is 0 Å². The topological polar surface area (TPSA) is 3.24 Å². The summed E-state index contributed by atoms with van der Waals surface area (Å²) in [6.45, 7) is 2.20. The number of rotatable bonds is 6. The Hall–Kier alpha value is -1.07. The number of nitrogens with zero attached hydrogens (tertiary/aromatic N) is 1. The van der Waals surface area contributed by atoms with Crippen molar-refractivity contribution in [2.75, 3.05) is 14.1 Å². The van der Waals surface area contributed by atoms with Crippen LogP contribution in [0.3, 0.4) is 0 Å². The molecule has 26 heavy (non-hydrogen) atoms. The van der Waals surface area contributed by atoms with Gasteiger partial charge in [0, 0.05) is 6.04 Å². The van der Waals surface area contributed by atoms with Crippen molar-refractivity contribution in [1.29, 1.82) is 0 Å². The van der Waals surface area contributed by atoms with Gasteiger partial charge < -0.3 is 4.90 Å². The molecule has 0 saturated carbocycles. The molecule has 0 saturated heterocycles. The fourth-order valence-corrected chi connectivity index (χ4v) is 4.41. The summed E-state index contributed by atoms with van der Waals surface area (Å²) in [5, 5.41) is 0. The summed E-state index contributed by atoms with van der Waals surface area (Å²) in [5.74, 6) is 0. The van der Waals surface area contributed by atoms with Gasteiger partial charge in [0.1, 0.15) is 0 Å². The predicted octanol–water partition coefficient (Wildman–Crippen LogP) is 4.89. The summed E-state index contributed by atoms with van der Waals surface area (Å²) in [6, 6.07) is 28.2. The standard InChI is InChI=1S/C14H13Te.C9H14N.Fe/c1-2-7-13(8-3-1)9-6-12-15-14-10-4-5-11-14;1-8(10(2)3)9-6-4-5-7-9;/h1-11H,12H2;4-8H,1-3H3;/q2*-1;+2/b9-6+;;.